The largest absolute Gasteiger partial charge is 0.329 e. The van der Waals surface area contributed by atoms with Gasteiger partial charge in [0.2, 0.25) is 0 Å². The fourth-order valence-corrected chi connectivity index (χ4v) is 2.24. The van der Waals surface area contributed by atoms with Crippen molar-refractivity contribution in [1.29, 1.82) is 0 Å². The number of nitrogens with two attached hydrogens (primary N) is 1. The van der Waals surface area contributed by atoms with Crippen LogP contribution in [-0.4, -0.2) is 54.6 Å². The lowest BCUT2D eigenvalue weighted by molar-refractivity contribution is 0.122. The number of piperazine rings is 1. The van der Waals surface area contributed by atoms with Crippen molar-refractivity contribution in [2.45, 2.75) is 13.0 Å². The van der Waals surface area contributed by atoms with Gasteiger partial charge in [0.1, 0.15) is 0 Å². The van der Waals surface area contributed by atoms with E-state index in [-0.39, 0.29) is 6.03 Å². The lowest BCUT2D eigenvalue weighted by Gasteiger charge is -2.37. The van der Waals surface area contributed by atoms with Crippen LogP contribution in [0.5, 0.6) is 0 Å². The molecule has 1 aliphatic heterocycles. The number of carbonyl (C=O) groups excluding carboxylic acids is 1. The van der Waals surface area contributed by atoms with E-state index in [4.69, 9.17) is 5.73 Å². The molecule has 3 N–H and O–H groups in total. The van der Waals surface area contributed by atoms with Crippen LogP contribution in [0.3, 0.4) is 0 Å². The molecule has 0 aliphatic carbocycles. The molecule has 0 spiro atoms. The van der Waals surface area contributed by atoms with Crippen molar-refractivity contribution in [2.24, 2.45) is 5.73 Å². The van der Waals surface area contributed by atoms with E-state index in [1.807, 2.05) is 35.2 Å². The third-order valence-electron chi connectivity index (χ3n) is 3.59. The van der Waals surface area contributed by atoms with Crippen LogP contribution in [0.2, 0.25) is 0 Å². The Morgan fingerprint density at radius 3 is 2.47 bits per heavy atom. The maximum atomic E-state index is 12.1. The van der Waals surface area contributed by atoms with Gasteiger partial charge in [0.05, 0.1) is 0 Å². The molecule has 1 atom stereocenters. The van der Waals surface area contributed by atoms with Crippen LogP contribution in [0.15, 0.2) is 30.3 Å². The second-order valence-corrected chi connectivity index (χ2v) is 4.90. The van der Waals surface area contributed by atoms with Crippen LogP contribution in [-0.2, 0) is 0 Å². The number of rotatable bonds is 3. The summed E-state index contributed by atoms with van der Waals surface area (Å²) < 4.78 is 0. The number of urea groups is 1. The van der Waals surface area contributed by atoms with Crippen LogP contribution in [0.25, 0.3) is 0 Å². The average Bonchev–Trinajstić information content (AvgIpc) is 2.47. The molecule has 5 heteroatoms. The van der Waals surface area contributed by atoms with Gasteiger partial charge in [-0.2, -0.15) is 0 Å². The number of hydrogen-bond acceptors (Lipinski definition) is 3. The summed E-state index contributed by atoms with van der Waals surface area (Å²) in [4.78, 5) is 16.3. The smallest absolute Gasteiger partial charge is 0.321 e. The average molecular weight is 262 g/mol. The zero-order valence-corrected chi connectivity index (χ0v) is 11.4. The molecule has 2 amide bonds. The first-order chi connectivity index (χ1) is 9.20. The molecular weight excluding hydrogens is 240 g/mol. The molecule has 5 nitrogen and oxygen atoms in total. The summed E-state index contributed by atoms with van der Waals surface area (Å²) in [6.07, 6.45) is 0. The van der Waals surface area contributed by atoms with Gasteiger partial charge in [0, 0.05) is 44.5 Å². The highest BCUT2D eigenvalue weighted by Crippen LogP contribution is 2.10. The van der Waals surface area contributed by atoms with Gasteiger partial charge in [0.15, 0.2) is 0 Å². The van der Waals surface area contributed by atoms with E-state index in [1.54, 1.807) is 0 Å². The molecule has 1 aromatic carbocycles. The molecule has 2 rings (SSSR count). The van der Waals surface area contributed by atoms with Gasteiger partial charge in [0.25, 0.3) is 0 Å². The van der Waals surface area contributed by atoms with Gasteiger partial charge in [-0.1, -0.05) is 18.2 Å². The minimum Gasteiger partial charge on any atom is -0.329 e. The van der Waals surface area contributed by atoms with Crippen molar-refractivity contribution < 1.29 is 4.79 Å². The number of carbonyl (C=O) groups is 1. The Balaban J connectivity index is 1.83. The van der Waals surface area contributed by atoms with Gasteiger partial charge in [-0.05, 0) is 19.1 Å². The van der Waals surface area contributed by atoms with E-state index in [0.29, 0.717) is 12.6 Å². The maximum absolute atomic E-state index is 12.1. The predicted octanol–water partition coefficient (Wildman–Crippen LogP) is 1.18. The van der Waals surface area contributed by atoms with E-state index in [0.717, 1.165) is 31.9 Å². The SMILES string of the molecule is CC(CN)N1CCN(C(=O)Nc2ccccc2)CC1. The number of benzene rings is 1. The van der Waals surface area contributed by atoms with E-state index < -0.39 is 0 Å². The predicted molar refractivity (Wildman–Crippen MR) is 77.1 cm³/mol. The summed E-state index contributed by atoms with van der Waals surface area (Å²) in [6.45, 7) is 6.07. The molecule has 1 saturated heterocycles. The summed E-state index contributed by atoms with van der Waals surface area (Å²) in [5.74, 6) is 0. The van der Waals surface area contributed by atoms with Gasteiger partial charge >= 0.3 is 6.03 Å². The first-order valence-electron chi connectivity index (χ1n) is 6.76. The van der Waals surface area contributed by atoms with Crippen molar-refractivity contribution in [3.8, 4) is 0 Å². The molecule has 1 aliphatic rings. The minimum absolute atomic E-state index is 0.0220. The Labute approximate surface area is 114 Å². The van der Waals surface area contributed by atoms with Gasteiger partial charge in [-0.25, -0.2) is 4.79 Å². The molecule has 1 heterocycles. The molecule has 1 unspecified atom stereocenters. The van der Waals surface area contributed by atoms with E-state index in [9.17, 15) is 4.79 Å². The standard InChI is InChI=1S/C14H22N4O/c1-12(11-15)17-7-9-18(10-8-17)14(19)16-13-5-3-2-4-6-13/h2-6,12H,7-11,15H2,1H3,(H,16,19). The monoisotopic (exact) mass is 262 g/mol. The molecule has 19 heavy (non-hydrogen) atoms. The van der Waals surface area contributed by atoms with Gasteiger partial charge in [-0.3, -0.25) is 4.90 Å². The van der Waals surface area contributed by atoms with Crippen molar-refractivity contribution in [2.75, 3.05) is 38.0 Å². The molecule has 0 aromatic heterocycles. The zero-order chi connectivity index (χ0) is 13.7. The third kappa shape index (κ3) is 3.68. The van der Waals surface area contributed by atoms with Crippen molar-refractivity contribution in [3.63, 3.8) is 0 Å². The zero-order valence-electron chi connectivity index (χ0n) is 11.4. The minimum atomic E-state index is -0.0220. The third-order valence-corrected chi connectivity index (χ3v) is 3.59. The fraction of sp³-hybridized carbons (Fsp3) is 0.500. The van der Waals surface area contributed by atoms with Crippen LogP contribution >= 0.6 is 0 Å². The first-order valence-corrected chi connectivity index (χ1v) is 6.76. The molecule has 1 aromatic rings. The Morgan fingerprint density at radius 2 is 1.89 bits per heavy atom. The van der Waals surface area contributed by atoms with Crippen LogP contribution < -0.4 is 11.1 Å². The Morgan fingerprint density at radius 1 is 1.26 bits per heavy atom. The number of amides is 2. The topological polar surface area (TPSA) is 61.6 Å². The second-order valence-electron chi connectivity index (χ2n) is 4.90. The number of para-hydroxylation sites is 1. The van der Waals surface area contributed by atoms with Crippen molar-refractivity contribution in [1.82, 2.24) is 9.80 Å². The summed E-state index contributed by atoms with van der Waals surface area (Å²) in [5.41, 5.74) is 6.50. The lowest BCUT2D eigenvalue weighted by atomic mass is 10.2. The van der Waals surface area contributed by atoms with Crippen LogP contribution in [0, 0.1) is 0 Å². The van der Waals surface area contributed by atoms with Gasteiger partial charge < -0.3 is 16.0 Å². The highest BCUT2D eigenvalue weighted by Gasteiger charge is 2.23. The second kappa shape index (κ2) is 6.54. The molecule has 1 fully saturated rings. The Hall–Kier alpha value is -1.59. The summed E-state index contributed by atoms with van der Waals surface area (Å²) in [6, 6.07) is 9.91. The Kier molecular flexibility index (Phi) is 4.76. The van der Waals surface area contributed by atoms with Crippen LogP contribution in [0.1, 0.15) is 6.92 Å². The maximum Gasteiger partial charge on any atom is 0.321 e. The Bertz CT molecular complexity index is 401. The molecule has 0 bridgehead atoms. The van der Waals surface area contributed by atoms with E-state index in [1.165, 1.54) is 0 Å². The quantitative estimate of drug-likeness (QED) is 0.860. The summed E-state index contributed by atoms with van der Waals surface area (Å²) in [7, 11) is 0. The van der Waals surface area contributed by atoms with Crippen molar-refractivity contribution in [3.05, 3.63) is 30.3 Å². The molecule has 0 saturated carbocycles. The normalized spacial score (nSPS) is 18.1. The summed E-state index contributed by atoms with van der Waals surface area (Å²) >= 11 is 0. The molecule has 0 radical (unpaired) electrons. The van der Waals surface area contributed by atoms with Crippen LogP contribution in [0.4, 0.5) is 10.5 Å². The van der Waals surface area contributed by atoms with E-state index >= 15 is 0 Å². The van der Waals surface area contributed by atoms with Crippen molar-refractivity contribution >= 4 is 11.7 Å². The number of hydrogen-bond donors (Lipinski definition) is 2. The molecule has 104 valence electrons. The first kappa shape index (κ1) is 13.8. The lowest BCUT2D eigenvalue weighted by Crippen LogP contribution is -2.53. The van der Waals surface area contributed by atoms with Gasteiger partial charge in [-0.15, -0.1) is 0 Å². The number of anilines is 1. The summed E-state index contributed by atoms with van der Waals surface area (Å²) in [5, 5.41) is 2.91. The molecular formula is C14H22N4O. The number of nitrogens with one attached hydrogen (secondary N) is 1. The van der Waals surface area contributed by atoms with E-state index in [2.05, 4.69) is 17.1 Å². The highest BCUT2D eigenvalue weighted by molar-refractivity contribution is 5.89. The number of nitrogens with zero attached hydrogens (tertiary/aromatic N) is 2. The fourth-order valence-electron chi connectivity index (χ4n) is 2.24. The highest BCUT2D eigenvalue weighted by atomic mass is 16.2.